The van der Waals surface area contributed by atoms with Gasteiger partial charge in [0, 0.05) is 0 Å². The molecule has 0 heterocycles. The van der Waals surface area contributed by atoms with Gasteiger partial charge in [0.15, 0.2) is 0 Å². The lowest BCUT2D eigenvalue weighted by atomic mass is 10.6. The molecule has 1 unspecified atom stereocenters. The van der Waals surface area contributed by atoms with Gasteiger partial charge in [0.25, 0.3) is 0 Å². The van der Waals surface area contributed by atoms with Gasteiger partial charge in [-0.05, 0) is 6.92 Å². The van der Waals surface area contributed by atoms with Crippen LogP contribution in [-0.2, 0) is 4.79 Å². The van der Waals surface area contributed by atoms with Crippen molar-refractivity contribution in [3.63, 3.8) is 0 Å². The molecule has 0 aliphatic carbocycles. The first kappa shape index (κ1) is 5.02. The Balaban J connectivity index is 2.83. The van der Waals surface area contributed by atoms with Crippen LogP contribution in [0.4, 0.5) is 0 Å². The van der Waals surface area contributed by atoms with Crippen LogP contribution < -0.4 is 0 Å². The molecule has 0 bridgehead atoms. The van der Waals surface area contributed by atoms with Crippen molar-refractivity contribution in [2.75, 3.05) is 0 Å². The highest BCUT2D eigenvalue weighted by molar-refractivity contribution is 7.81. The summed E-state index contributed by atoms with van der Waals surface area (Å²) in [6, 6.07) is 0. The smallest absolute Gasteiger partial charge is 0.132 e. The Morgan fingerprint density at radius 2 is 2.20 bits per heavy atom. The maximum absolute atomic E-state index is 9.43. The molecule has 0 aromatic heterocycles. The van der Waals surface area contributed by atoms with E-state index in [4.69, 9.17) is 0 Å². The van der Waals surface area contributed by atoms with Crippen LogP contribution in [-0.4, -0.2) is 11.5 Å². The first-order chi connectivity index (χ1) is 2.27. The molecule has 1 nitrogen and oxygen atoms in total. The van der Waals surface area contributed by atoms with Gasteiger partial charge in [0.2, 0.25) is 0 Å². The topological polar surface area (TPSA) is 17.1 Å². The lowest BCUT2D eigenvalue weighted by Gasteiger charge is -1.78. The zero-order valence-electron chi connectivity index (χ0n) is 3.01. The average molecular weight is 90.1 g/mol. The van der Waals surface area contributed by atoms with Crippen molar-refractivity contribution >= 4 is 18.9 Å². The van der Waals surface area contributed by atoms with E-state index < -0.39 is 0 Å². The van der Waals surface area contributed by atoms with Gasteiger partial charge >= 0.3 is 0 Å². The predicted octanol–water partition coefficient (Wildman–Crippen LogP) is 0.504. The lowest BCUT2D eigenvalue weighted by molar-refractivity contribution is -0.107. The Labute approximate surface area is 36.8 Å². The van der Waals surface area contributed by atoms with Crippen LogP contribution in [0.5, 0.6) is 0 Å². The number of aldehydes is 1. The molecule has 0 N–H and O–H groups in total. The quantitative estimate of drug-likeness (QED) is 0.366. The third-order valence-electron chi connectivity index (χ3n) is 0.197. The zero-order chi connectivity index (χ0) is 4.28. The Bertz CT molecular complexity index is 33.9. The second-order valence-corrected chi connectivity index (χ2v) is 1.69. The number of hydrogen-bond donors (Lipinski definition) is 1. The predicted molar refractivity (Wildman–Crippen MR) is 24.5 cm³/mol. The van der Waals surface area contributed by atoms with Gasteiger partial charge in [-0.15, -0.1) is 0 Å². The normalized spacial score (nSPS) is 14.0. The van der Waals surface area contributed by atoms with Gasteiger partial charge in [-0.25, -0.2) is 0 Å². The first-order valence-corrected chi connectivity index (χ1v) is 1.92. The molecule has 0 aliphatic rings. The summed E-state index contributed by atoms with van der Waals surface area (Å²) < 4.78 is 0. The van der Waals surface area contributed by atoms with Gasteiger partial charge in [-0.2, -0.15) is 12.6 Å². The van der Waals surface area contributed by atoms with Gasteiger partial charge in [0.05, 0.1) is 5.25 Å². The lowest BCUT2D eigenvalue weighted by Crippen LogP contribution is -1.87. The molecule has 1 atom stereocenters. The number of carbonyl (C=O) groups excluding carboxylic acids is 1. The van der Waals surface area contributed by atoms with Crippen LogP contribution in [0, 0.1) is 0 Å². The molecule has 0 aromatic rings. The maximum Gasteiger partial charge on any atom is 0.132 e. The van der Waals surface area contributed by atoms with Crippen LogP contribution in [0.15, 0.2) is 0 Å². The van der Waals surface area contributed by atoms with Crippen LogP contribution in [0.1, 0.15) is 6.92 Å². The highest BCUT2D eigenvalue weighted by atomic mass is 32.1. The molecule has 0 saturated heterocycles. The van der Waals surface area contributed by atoms with Crippen molar-refractivity contribution in [3.05, 3.63) is 0 Å². The monoisotopic (exact) mass is 90.0 g/mol. The SMILES string of the molecule is CC(S)C=O. The van der Waals surface area contributed by atoms with E-state index in [9.17, 15) is 4.79 Å². The maximum atomic E-state index is 9.43. The van der Waals surface area contributed by atoms with E-state index in [-0.39, 0.29) is 5.25 Å². The van der Waals surface area contributed by atoms with E-state index in [1.807, 2.05) is 0 Å². The summed E-state index contributed by atoms with van der Waals surface area (Å²) in [6.45, 7) is 1.72. The zero-order valence-corrected chi connectivity index (χ0v) is 3.90. The van der Waals surface area contributed by atoms with E-state index in [0.717, 1.165) is 6.29 Å². The molecule has 0 rings (SSSR count). The van der Waals surface area contributed by atoms with Gasteiger partial charge in [-0.1, -0.05) is 0 Å². The summed E-state index contributed by atoms with van der Waals surface area (Å²) >= 11 is 3.73. The average Bonchev–Trinajstić information content (AvgIpc) is 1.38. The molecule has 0 fully saturated rings. The third-order valence-corrected chi connectivity index (χ3v) is 0.319. The summed E-state index contributed by atoms with van der Waals surface area (Å²) in [4.78, 5) is 9.43. The minimum atomic E-state index is -0.102. The number of carbonyl (C=O) groups is 1. The summed E-state index contributed by atoms with van der Waals surface area (Å²) in [5.41, 5.74) is 0. The van der Waals surface area contributed by atoms with Gasteiger partial charge < -0.3 is 4.79 Å². The minimum Gasteiger partial charge on any atom is -0.302 e. The summed E-state index contributed by atoms with van der Waals surface area (Å²) in [5, 5.41) is -0.102. The highest BCUT2D eigenvalue weighted by Crippen LogP contribution is 1.81. The molecule has 2 heteroatoms. The fourth-order valence-electron chi connectivity index (χ4n) is 0. The molecule has 0 aromatic carbocycles. The number of thiol groups is 1. The second kappa shape index (κ2) is 2.27. The number of rotatable bonds is 1. The third kappa shape index (κ3) is 4.02. The molecular formula is C3H6OS. The van der Waals surface area contributed by atoms with Gasteiger partial charge in [-0.3, -0.25) is 0 Å². The standard InChI is InChI=1S/C3H6OS/c1-3(5)2-4/h2-3,5H,1H3. The molecular weight excluding hydrogens is 84.1 g/mol. The Hall–Kier alpha value is 0.0200. The Kier molecular flexibility index (Phi) is 2.28. The van der Waals surface area contributed by atoms with Crippen molar-refractivity contribution < 1.29 is 4.79 Å². The van der Waals surface area contributed by atoms with E-state index in [1.54, 1.807) is 6.92 Å². The molecule has 0 aliphatic heterocycles. The molecule has 5 heavy (non-hydrogen) atoms. The first-order valence-electron chi connectivity index (χ1n) is 1.40. The number of hydrogen-bond acceptors (Lipinski definition) is 2. The van der Waals surface area contributed by atoms with Crippen molar-refractivity contribution in [2.24, 2.45) is 0 Å². The van der Waals surface area contributed by atoms with Crippen LogP contribution >= 0.6 is 12.6 Å². The van der Waals surface area contributed by atoms with Gasteiger partial charge in [0.1, 0.15) is 6.29 Å². The van der Waals surface area contributed by atoms with Crippen molar-refractivity contribution in [1.82, 2.24) is 0 Å². The van der Waals surface area contributed by atoms with Crippen LogP contribution in [0.3, 0.4) is 0 Å². The van der Waals surface area contributed by atoms with Crippen LogP contribution in [0.25, 0.3) is 0 Å². The van der Waals surface area contributed by atoms with Crippen molar-refractivity contribution in [1.29, 1.82) is 0 Å². The fraction of sp³-hybridized carbons (Fsp3) is 0.667. The minimum absolute atomic E-state index is 0.102. The molecule has 0 radical (unpaired) electrons. The van der Waals surface area contributed by atoms with Crippen molar-refractivity contribution in [3.8, 4) is 0 Å². The summed E-state index contributed by atoms with van der Waals surface area (Å²) in [5.74, 6) is 0. The molecule has 0 spiro atoms. The van der Waals surface area contributed by atoms with Crippen LogP contribution in [0.2, 0.25) is 0 Å². The van der Waals surface area contributed by atoms with Crippen molar-refractivity contribution in [2.45, 2.75) is 12.2 Å². The Morgan fingerprint density at radius 1 is 2.00 bits per heavy atom. The fourth-order valence-corrected chi connectivity index (χ4v) is 0. The highest BCUT2D eigenvalue weighted by Gasteiger charge is 1.80. The van der Waals surface area contributed by atoms with E-state index in [0.29, 0.717) is 0 Å². The Morgan fingerprint density at radius 3 is 2.20 bits per heavy atom. The molecule has 0 saturated carbocycles. The van der Waals surface area contributed by atoms with E-state index in [2.05, 4.69) is 12.6 Å². The largest absolute Gasteiger partial charge is 0.302 e. The summed E-state index contributed by atoms with van der Waals surface area (Å²) in [6.07, 6.45) is 0.781. The second-order valence-electron chi connectivity index (χ2n) is 0.877. The molecule has 0 amide bonds. The van der Waals surface area contributed by atoms with E-state index >= 15 is 0 Å². The summed E-state index contributed by atoms with van der Waals surface area (Å²) in [7, 11) is 0. The van der Waals surface area contributed by atoms with E-state index in [1.165, 1.54) is 0 Å². The molecule has 30 valence electrons.